The molecule has 0 spiro atoms. The average molecular weight is 280 g/mol. The lowest BCUT2D eigenvalue weighted by molar-refractivity contribution is 0.155. The van der Waals surface area contributed by atoms with Crippen LogP contribution in [0.3, 0.4) is 0 Å². The van der Waals surface area contributed by atoms with Crippen LogP contribution < -0.4 is 10.6 Å². The van der Waals surface area contributed by atoms with E-state index in [1.54, 1.807) is 12.1 Å². The molecule has 1 aromatic rings. The molecule has 3 N–H and O–H groups in total. The highest BCUT2D eigenvalue weighted by atomic mass is 19.1. The maximum absolute atomic E-state index is 13.1. The summed E-state index contributed by atoms with van der Waals surface area (Å²) in [6.07, 6.45) is 1.62. The van der Waals surface area contributed by atoms with Crippen molar-refractivity contribution in [2.75, 3.05) is 19.6 Å². The van der Waals surface area contributed by atoms with E-state index in [1.807, 2.05) is 0 Å². The van der Waals surface area contributed by atoms with E-state index < -0.39 is 6.10 Å². The van der Waals surface area contributed by atoms with Crippen LogP contribution in [0, 0.1) is 11.7 Å². The van der Waals surface area contributed by atoms with Crippen molar-refractivity contribution >= 4 is 0 Å². The van der Waals surface area contributed by atoms with Crippen LogP contribution in [0.4, 0.5) is 4.39 Å². The van der Waals surface area contributed by atoms with E-state index in [0.29, 0.717) is 18.0 Å². The van der Waals surface area contributed by atoms with Gasteiger partial charge in [0.05, 0.1) is 6.10 Å². The molecule has 0 aromatic heterocycles. The van der Waals surface area contributed by atoms with Crippen molar-refractivity contribution in [3.05, 3.63) is 35.6 Å². The van der Waals surface area contributed by atoms with E-state index >= 15 is 0 Å². The van der Waals surface area contributed by atoms with Crippen LogP contribution in [-0.2, 0) is 0 Å². The number of halogens is 1. The van der Waals surface area contributed by atoms with Crippen LogP contribution in [-0.4, -0.2) is 30.3 Å². The molecule has 4 heteroatoms. The van der Waals surface area contributed by atoms with Gasteiger partial charge in [-0.1, -0.05) is 12.1 Å². The minimum atomic E-state index is -0.674. The summed E-state index contributed by atoms with van der Waals surface area (Å²) < 4.78 is 13.1. The van der Waals surface area contributed by atoms with Crippen LogP contribution in [0.15, 0.2) is 24.3 Å². The Morgan fingerprint density at radius 2 is 2.30 bits per heavy atom. The Hall–Kier alpha value is -0.970. The molecular formula is C16H25FN2O. The molecule has 0 saturated carbocycles. The fraction of sp³-hybridized carbons (Fsp3) is 0.625. The summed E-state index contributed by atoms with van der Waals surface area (Å²) in [4.78, 5) is 0. The molecule has 0 aliphatic carbocycles. The molecule has 1 saturated heterocycles. The van der Waals surface area contributed by atoms with Gasteiger partial charge in [0.2, 0.25) is 0 Å². The predicted molar refractivity (Wildman–Crippen MR) is 79.0 cm³/mol. The number of aliphatic hydroxyl groups excluding tert-OH is 1. The van der Waals surface area contributed by atoms with Crippen molar-refractivity contribution in [1.29, 1.82) is 0 Å². The maximum atomic E-state index is 13.1. The van der Waals surface area contributed by atoms with Crippen LogP contribution in [0.1, 0.15) is 38.4 Å². The van der Waals surface area contributed by atoms with Gasteiger partial charge in [0.1, 0.15) is 5.82 Å². The zero-order chi connectivity index (χ0) is 14.6. The summed E-state index contributed by atoms with van der Waals surface area (Å²) in [7, 11) is 0. The first-order valence-electron chi connectivity index (χ1n) is 7.35. The van der Waals surface area contributed by atoms with E-state index in [4.69, 9.17) is 0 Å². The lowest BCUT2D eigenvalue weighted by atomic mass is 9.89. The minimum Gasteiger partial charge on any atom is -0.387 e. The Morgan fingerprint density at radius 3 is 2.95 bits per heavy atom. The van der Waals surface area contributed by atoms with Crippen molar-refractivity contribution < 1.29 is 9.50 Å². The van der Waals surface area contributed by atoms with E-state index in [2.05, 4.69) is 24.5 Å². The second-order valence-electron chi connectivity index (χ2n) is 6.40. The van der Waals surface area contributed by atoms with Gasteiger partial charge in [0.25, 0.3) is 0 Å². The van der Waals surface area contributed by atoms with Gasteiger partial charge in [-0.3, -0.25) is 0 Å². The second kappa shape index (κ2) is 6.66. The van der Waals surface area contributed by atoms with E-state index in [1.165, 1.54) is 18.6 Å². The Balaban J connectivity index is 1.83. The average Bonchev–Trinajstić information content (AvgIpc) is 2.88. The quantitative estimate of drug-likeness (QED) is 0.749. The SMILES string of the molecule is CC(C)(C[C@@H]1CCNC1)NC[C@H](O)c1cccc(F)c1. The summed E-state index contributed by atoms with van der Waals surface area (Å²) in [5.41, 5.74) is 0.598. The first-order chi connectivity index (χ1) is 9.46. The third-order valence-corrected chi connectivity index (χ3v) is 3.97. The number of hydrogen-bond donors (Lipinski definition) is 3. The Bertz CT molecular complexity index is 430. The van der Waals surface area contributed by atoms with Gasteiger partial charge >= 0.3 is 0 Å². The second-order valence-corrected chi connectivity index (χ2v) is 6.40. The molecule has 1 fully saturated rings. The first-order valence-corrected chi connectivity index (χ1v) is 7.35. The van der Waals surface area contributed by atoms with Gasteiger partial charge in [-0.15, -0.1) is 0 Å². The van der Waals surface area contributed by atoms with Gasteiger partial charge in [0.15, 0.2) is 0 Å². The lowest BCUT2D eigenvalue weighted by Gasteiger charge is -2.30. The molecule has 0 bridgehead atoms. The van der Waals surface area contributed by atoms with E-state index in [9.17, 15) is 9.50 Å². The van der Waals surface area contributed by atoms with Crippen molar-refractivity contribution in [3.63, 3.8) is 0 Å². The number of rotatable bonds is 6. The van der Waals surface area contributed by atoms with Gasteiger partial charge in [-0.05, 0) is 63.4 Å². The lowest BCUT2D eigenvalue weighted by Crippen LogP contribution is -2.43. The van der Waals surface area contributed by atoms with Gasteiger partial charge in [-0.2, -0.15) is 0 Å². The third kappa shape index (κ3) is 4.54. The molecule has 112 valence electrons. The van der Waals surface area contributed by atoms with Crippen LogP contribution in [0.5, 0.6) is 0 Å². The number of aliphatic hydroxyl groups is 1. The fourth-order valence-corrected chi connectivity index (χ4v) is 2.89. The molecule has 1 aliphatic rings. The number of nitrogens with one attached hydrogen (secondary N) is 2. The fourth-order valence-electron chi connectivity index (χ4n) is 2.89. The number of hydrogen-bond acceptors (Lipinski definition) is 3. The topological polar surface area (TPSA) is 44.3 Å². The Labute approximate surface area is 120 Å². The standard InChI is InChI=1S/C16H25FN2O/c1-16(2,9-12-6-7-18-10-12)19-11-15(20)13-4-3-5-14(17)8-13/h3-5,8,12,15,18-20H,6-7,9-11H2,1-2H3/t12-,15-/m0/s1. The molecule has 20 heavy (non-hydrogen) atoms. The maximum Gasteiger partial charge on any atom is 0.123 e. The highest BCUT2D eigenvalue weighted by molar-refractivity contribution is 5.19. The summed E-state index contributed by atoms with van der Waals surface area (Å²) in [6, 6.07) is 6.16. The predicted octanol–water partition coefficient (Wildman–Crippen LogP) is 2.23. The van der Waals surface area contributed by atoms with Crippen LogP contribution >= 0.6 is 0 Å². The summed E-state index contributed by atoms with van der Waals surface area (Å²) in [5.74, 6) is 0.390. The highest BCUT2D eigenvalue weighted by Crippen LogP contribution is 2.22. The van der Waals surface area contributed by atoms with Gasteiger partial charge in [0, 0.05) is 12.1 Å². The monoisotopic (exact) mass is 280 g/mol. The Kier molecular flexibility index (Phi) is 5.13. The third-order valence-electron chi connectivity index (χ3n) is 3.97. The molecule has 2 rings (SSSR count). The summed E-state index contributed by atoms with van der Waals surface area (Å²) >= 11 is 0. The molecule has 1 aromatic carbocycles. The molecule has 1 aliphatic heterocycles. The highest BCUT2D eigenvalue weighted by Gasteiger charge is 2.25. The van der Waals surface area contributed by atoms with E-state index in [0.717, 1.165) is 19.5 Å². The molecular weight excluding hydrogens is 255 g/mol. The molecule has 1 heterocycles. The number of benzene rings is 1. The molecule has 0 amide bonds. The smallest absolute Gasteiger partial charge is 0.123 e. The van der Waals surface area contributed by atoms with Crippen molar-refractivity contribution in [2.24, 2.45) is 5.92 Å². The molecule has 3 nitrogen and oxygen atoms in total. The molecule has 0 radical (unpaired) electrons. The zero-order valence-corrected chi connectivity index (χ0v) is 12.3. The van der Waals surface area contributed by atoms with Crippen LogP contribution in [0.25, 0.3) is 0 Å². The normalized spacial score (nSPS) is 21.1. The zero-order valence-electron chi connectivity index (χ0n) is 12.3. The van der Waals surface area contributed by atoms with Crippen LogP contribution in [0.2, 0.25) is 0 Å². The largest absolute Gasteiger partial charge is 0.387 e. The van der Waals surface area contributed by atoms with Crippen molar-refractivity contribution in [3.8, 4) is 0 Å². The summed E-state index contributed by atoms with van der Waals surface area (Å²) in [5, 5.41) is 16.9. The van der Waals surface area contributed by atoms with Crippen molar-refractivity contribution in [1.82, 2.24) is 10.6 Å². The minimum absolute atomic E-state index is 0.0228. The summed E-state index contributed by atoms with van der Waals surface area (Å²) in [6.45, 7) is 6.94. The van der Waals surface area contributed by atoms with E-state index in [-0.39, 0.29) is 11.4 Å². The Morgan fingerprint density at radius 1 is 1.50 bits per heavy atom. The molecule has 0 unspecified atom stereocenters. The molecule has 2 atom stereocenters. The number of β-amino-alcohol motifs (C(OH)–C–C–N with tert-alkyl or cyclic N) is 1. The first kappa shape index (κ1) is 15.4. The van der Waals surface area contributed by atoms with Gasteiger partial charge < -0.3 is 15.7 Å². The van der Waals surface area contributed by atoms with Crippen molar-refractivity contribution in [2.45, 2.75) is 38.3 Å². The van der Waals surface area contributed by atoms with Gasteiger partial charge in [-0.25, -0.2) is 4.39 Å².